The van der Waals surface area contributed by atoms with Crippen LogP contribution in [0.25, 0.3) is 0 Å². The first kappa shape index (κ1) is 12.2. The molecule has 0 aliphatic heterocycles. The van der Waals surface area contributed by atoms with Crippen molar-refractivity contribution in [3.63, 3.8) is 0 Å². The highest BCUT2D eigenvalue weighted by atomic mass is 16.5. The molecule has 0 N–H and O–H groups in total. The summed E-state index contributed by atoms with van der Waals surface area (Å²) >= 11 is 0. The lowest BCUT2D eigenvalue weighted by Gasteiger charge is -2.19. The highest BCUT2D eigenvalue weighted by Crippen LogP contribution is 1.93. The molecule has 0 saturated heterocycles. The predicted molar refractivity (Wildman–Crippen MR) is 53.5 cm³/mol. The van der Waals surface area contributed by atoms with E-state index in [1.807, 2.05) is 20.8 Å². The van der Waals surface area contributed by atoms with Gasteiger partial charge >= 0.3 is 0 Å². The minimum atomic E-state index is 0.0242. The molecule has 0 bridgehead atoms. The number of hydrogen-bond donors (Lipinski definition) is 0. The maximum absolute atomic E-state index is 11.4. The standard InChI is InChI=1S/C10H19NO2/c1-5-7-11(6-2)10(12)8-13-9(3)4/h5,9H,1,6-8H2,2-4H3. The molecule has 76 valence electrons. The van der Waals surface area contributed by atoms with Gasteiger partial charge in [0, 0.05) is 13.1 Å². The van der Waals surface area contributed by atoms with E-state index < -0.39 is 0 Å². The lowest BCUT2D eigenvalue weighted by atomic mass is 10.4. The fourth-order valence-corrected chi connectivity index (χ4v) is 0.892. The van der Waals surface area contributed by atoms with Crippen molar-refractivity contribution in [2.75, 3.05) is 19.7 Å². The van der Waals surface area contributed by atoms with Crippen LogP contribution in [0.15, 0.2) is 12.7 Å². The highest BCUT2D eigenvalue weighted by Gasteiger charge is 2.10. The quantitative estimate of drug-likeness (QED) is 0.586. The van der Waals surface area contributed by atoms with Crippen LogP contribution < -0.4 is 0 Å². The SMILES string of the molecule is C=CCN(CC)C(=O)COC(C)C. The Labute approximate surface area is 80.4 Å². The van der Waals surface area contributed by atoms with Crippen LogP contribution in [0, 0.1) is 0 Å². The van der Waals surface area contributed by atoms with Gasteiger partial charge in [-0.3, -0.25) is 4.79 Å². The second kappa shape index (κ2) is 6.66. The average molecular weight is 185 g/mol. The zero-order valence-corrected chi connectivity index (χ0v) is 8.75. The summed E-state index contributed by atoms with van der Waals surface area (Å²) in [5, 5.41) is 0. The topological polar surface area (TPSA) is 29.5 Å². The normalized spacial score (nSPS) is 10.2. The summed E-state index contributed by atoms with van der Waals surface area (Å²) in [5.74, 6) is 0.0242. The van der Waals surface area contributed by atoms with Crippen LogP contribution in [0.1, 0.15) is 20.8 Å². The molecular formula is C10H19NO2. The zero-order valence-electron chi connectivity index (χ0n) is 8.75. The zero-order chi connectivity index (χ0) is 10.3. The Morgan fingerprint density at radius 3 is 2.62 bits per heavy atom. The van der Waals surface area contributed by atoms with Crippen molar-refractivity contribution < 1.29 is 9.53 Å². The molecular weight excluding hydrogens is 166 g/mol. The average Bonchev–Trinajstić information content (AvgIpc) is 2.10. The Hall–Kier alpha value is -0.830. The molecule has 1 amide bonds. The summed E-state index contributed by atoms with van der Waals surface area (Å²) in [4.78, 5) is 13.1. The van der Waals surface area contributed by atoms with E-state index in [9.17, 15) is 4.79 Å². The summed E-state index contributed by atoms with van der Waals surface area (Å²) in [6, 6.07) is 0. The molecule has 3 heteroatoms. The van der Waals surface area contributed by atoms with Gasteiger partial charge in [0.05, 0.1) is 6.10 Å². The van der Waals surface area contributed by atoms with Crippen LogP contribution in [0.4, 0.5) is 0 Å². The van der Waals surface area contributed by atoms with Gasteiger partial charge in [-0.2, -0.15) is 0 Å². The predicted octanol–water partition coefficient (Wildman–Crippen LogP) is 1.45. The number of hydrogen-bond acceptors (Lipinski definition) is 2. The van der Waals surface area contributed by atoms with Crippen molar-refractivity contribution in [2.45, 2.75) is 26.9 Å². The molecule has 0 aromatic carbocycles. The second-order valence-electron chi connectivity index (χ2n) is 3.08. The van der Waals surface area contributed by atoms with Crippen LogP contribution in [0.2, 0.25) is 0 Å². The third kappa shape index (κ3) is 5.42. The minimum absolute atomic E-state index is 0.0242. The van der Waals surface area contributed by atoms with E-state index in [0.29, 0.717) is 13.1 Å². The molecule has 0 saturated carbocycles. The Kier molecular flexibility index (Phi) is 6.24. The summed E-state index contributed by atoms with van der Waals surface area (Å²) in [7, 11) is 0. The van der Waals surface area contributed by atoms with Gasteiger partial charge in [-0.1, -0.05) is 6.08 Å². The monoisotopic (exact) mass is 185 g/mol. The molecule has 0 fully saturated rings. The summed E-state index contributed by atoms with van der Waals surface area (Å²) in [5.41, 5.74) is 0. The summed E-state index contributed by atoms with van der Waals surface area (Å²) in [6.07, 6.45) is 1.82. The molecule has 3 nitrogen and oxygen atoms in total. The van der Waals surface area contributed by atoms with Crippen LogP contribution >= 0.6 is 0 Å². The Balaban J connectivity index is 3.83. The molecule has 0 atom stereocenters. The first-order valence-electron chi connectivity index (χ1n) is 4.62. The van der Waals surface area contributed by atoms with Gasteiger partial charge in [0.25, 0.3) is 0 Å². The fourth-order valence-electron chi connectivity index (χ4n) is 0.892. The number of likely N-dealkylation sites (N-methyl/N-ethyl adjacent to an activating group) is 1. The molecule has 0 aliphatic rings. The van der Waals surface area contributed by atoms with E-state index in [1.165, 1.54) is 0 Å². The van der Waals surface area contributed by atoms with Crippen molar-refractivity contribution in [3.8, 4) is 0 Å². The summed E-state index contributed by atoms with van der Waals surface area (Å²) in [6.45, 7) is 10.8. The smallest absolute Gasteiger partial charge is 0.248 e. The summed E-state index contributed by atoms with van der Waals surface area (Å²) < 4.78 is 5.21. The van der Waals surface area contributed by atoms with Gasteiger partial charge < -0.3 is 9.64 Å². The first-order chi connectivity index (χ1) is 6.11. The van der Waals surface area contributed by atoms with Gasteiger partial charge in [0.2, 0.25) is 5.91 Å². The van der Waals surface area contributed by atoms with E-state index in [-0.39, 0.29) is 18.6 Å². The van der Waals surface area contributed by atoms with Gasteiger partial charge in [0.15, 0.2) is 0 Å². The van der Waals surface area contributed by atoms with Crippen molar-refractivity contribution in [2.24, 2.45) is 0 Å². The first-order valence-corrected chi connectivity index (χ1v) is 4.62. The number of carbonyl (C=O) groups excluding carboxylic acids is 1. The number of amides is 1. The van der Waals surface area contributed by atoms with Crippen molar-refractivity contribution >= 4 is 5.91 Å². The number of ether oxygens (including phenoxy) is 1. The minimum Gasteiger partial charge on any atom is -0.369 e. The second-order valence-corrected chi connectivity index (χ2v) is 3.08. The maximum Gasteiger partial charge on any atom is 0.248 e. The molecule has 0 heterocycles. The molecule has 0 rings (SSSR count). The number of carbonyl (C=O) groups is 1. The number of nitrogens with zero attached hydrogens (tertiary/aromatic N) is 1. The van der Waals surface area contributed by atoms with E-state index in [1.54, 1.807) is 11.0 Å². The molecule has 0 aliphatic carbocycles. The Morgan fingerprint density at radius 2 is 2.23 bits per heavy atom. The van der Waals surface area contributed by atoms with Crippen LogP contribution in [-0.2, 0) is 9.53 Å². The van der Waals surface area contributed by atoms with Crippen LogP contribution in [0.5, 0.6) is 0 Å². The molecule has 0 spiro atoms. The lowest BCUT2D eigenvalue weighted by molar-refractivity contribution is -0.136. The number of rotatable bonds is 6. The molecule has 0 radical (unpaired) electrons. The van der Waals surface area contributed by atoms with E-state index >= 15 is 0 Å². The van der Waals surface area contributed by atoms with Crippen LogP contribution in [0.3, 0.4) is 0 Å². The Morgan fingerprint density at radius 1 is 1.62 bits per heavy atom. The van der Waals surface area contributed by atoms with Crippen LogP contribution in [-0.4, -0.2) is 36.6 Å². The lowest BCUT2D eigenvalue weighted by Crippen LogP contribution is -2.34. The molecule has 0 unspecified atom stereocenters. The van der Waals surface area contributed by atoms with E-state index in [4.69, 9.17) is 4.74 Å². The van der Waals surface area contributed by atoms with Crippen molar-refractivity contribution in [1.29, 1.82) is 0 Å². The third-order valence-electron chi connectivity index (χ3n) is 1.62. The van der Waals surface area contributed by atoms with Crippen molar-refractivity contribution in [3.05, 3.63) is 12.7 Å². The van der Waals surface area contributed by atoms with Gasteiger partial charge in [-0.05, 0) is 20.8 Å². The van der Waals surface area contributed by atoms with Crippen molar-refractivity contribution in [1.82, 2.24) is 4.90 Å². The Bertz CT molecular complexity index is 166. The van der Waals surface area contributed by atoms with Gasteiger partial charge in [-0.15, -0.1) is 6.58 Å². The molecule has 0 aromatic heterocycles. The highest BCUT2D eigenvalue weighted by molar-refractivity contribution is 5.77. The largest absolute Gasteiger partial charge is 0.369 e. The van der Waals surface area contributed by atoms with E-state index in [0.717, 1.165) is 0 Å². The third-order valence-corrected chi connectivity index (χ3v) is 1.62. The fraction of sp³-hybridized carbons (Fsp3) is 0.700. The van der Waals surface area contributed by atoms with Gasteiger partial charge in [-0.25, -0.2) is 0 Å². The maximum atomic E-state index is 11.4. The molecule has 13 heavy (non-hydrogen) atoms. The van der Waals surface area contributed by atoms with E-state index in [2.05, 4.69) is 6.58 Å². The molecule has 0 aromatic rings. The van der Waals surface area contributed by atoms with Gasteiger partial charge in [0.1, 0.15) is 6.61 Å².